The van der Waals surface area contributed by atoms with E-state index in [1.807, 2.05) is 54.3 Å². The van der Waals surface area contributed by atoms with E-state index in [0.29, 0.717) is 18.0 Å². The number of nitrogens with one attached hydrogen (secondary N) is 1. The molecule has 1 aliphatic rings. The van der Waals surface area contributed by atoms with Crippen LogP contribution < -0.4 is 9.80 Å². The summed E-state index contributed by atoms with van der Waals surface area (Å²) in [5.74, 6) is -1.27. The van der Waals surface area contributed by atoms with Crippen molar-refractivity contribution in [2.24, 2.45) is 0 Å². The molecule has 1 aliphatic heterocycles. The van der Waals surface area contributed by atoms with E-state index in [4.69, 9.17) is 11.6 Å². The van der Waals surface area contributed by atoms with Crippen LogP contribution in [0.15, 0.2) is 42.5 Å². The van der Waals surface area contributed by atoms with Crippen LogP contribution in [0.5, 0.6) is 0 Å². The molecule has 3 heterocycles. The van der Waals surface area contributed by atoms with Crippen LogP contribution in [0.2, 0.25) is 5.02 Å². The van der Waals surface area contributed by atoms with Gasteiger partial charge in [0.25, 0.3) is 0 Å². The fourth-order valence-electron chi connectivity index (χ4n) is 4.38. The quantitative estimate of drug-likeness (QED) is 0.411. The van der Waals surface area contributed by atoms with Gasteiger partial charge in [-0.2, -0.15) is 28.1 Å². The third kappa shape index (κ3) is 3.94. The van der Waals surface area contributed by atoms with E-state index in [9.17, 15) is 13.2 Å². The van der Waals surface area contributed by atoms with Crippen LogP contribution >= 0.6 is 11.6 Å². The Labute approximate surface area is 199 Å². The average Bonchev–Trinajstić information content (AvgIpc) is 3.16. The Hall–Kier alpha value is -3.33. The number of benzene rings is 2. The summed E-state index contributed by atoms with van der Waals surface area (Å²) in [6, 6.07) is 13.2. The summed E-state index contributed by atoms with van der Waals surface area (Å²) in [5, 5.41) is 1.64. The molecule has 6 nitrogen and oxygen atoms in total. The average molecular weight is 487 g/mol. The Morgan fingerprint density at radius 1 is 1.06 bits per heavy atom. The number of halogens is 4. The minimum Gasteiger partial charge on any atom is -0.356 e. The molecule has 0 bridgehead atoms. The van der Waals surface area contributed by atoms with Crippen LogP contribution in [0.3, 0.4) is 0 Å². The number of aryl methyl sites for hydroxylation is 1. The number of hydrogen-bond donors (Lipinski definition) is 1. The zero-order valence-electron chi connectivity index (χ0n) is 18.8. The van der Waals surface area contributed by atoms with E-state index in [1.165, 1.54) is 4.90 Å². The maximum absolute atomic E-state index is 13.7. The first-order valence-corrected chi connectivity index (χ1v) is 11.1. The maximum Gasteiger partial charge on any atom is 0.451 e. The molecule has 1 N–H and O–H groups in total. The summed E-state index contributed by atoms with van der Waals surface area (Å²) >= 11 is 6.26. The first kappa shape index (κ1) is 22.5. The summed E-state index contributed by atoms with van der Waals surface area (Å²) < 4.78 is 41.0. The minimum atomic E-state index is -4.69. The monoisotopic (exact) mass is 486 g/mol. The smallest absolute Gasteiger partial charge is 0.356 e. The third-order valence-corrected chi connectivity index (χ3v) is 6.24. The van der Waals surface area contributed by atoms with Gasteiger partial charge in [-0.25, -0.2) is 0 Å². The number of fused-ring (bicyclic) bond motifs is 3. The Balaban J connectivity index is 1.72. The molecule has 2 aromatic heterocycles. The summed E-state index contributed by atoms with van der Waals surface area (Å²) in [6.07, 6.45) is -4.09. The first-order valence-electron chi connectivity index (χ1n) is 10.8. The highest BCUT2D eigenvalue weighted by Gasteiger charge is 2.39. The summed E-state index contributed by atoms with van der Waals surface area (Å²) in [5.41, 5.74) is 4.92. The number of aromatic nitrogens is 4. The molecule has 2 aromatic carbocycles. The van der Waals surface area contributed by atoms with E-state index in [1.54, 1.807) is 14.1 Å². The molecule has 0 aliphatic carbocycles. The largest absolute Gasteiger partial charge is 0.451 e. The summed E-state index contributed by atoms with van der Waals surface area (Å²) in [4.78, 5) is 18.6. The molecule has 10 heteroatoms. The molecule has 0 saturated carbocycles. The van der Waals surface area contributed by atoms with E-state index in [-0.39, 0.29) is 11.9 Å². The van der Waals surface area contributed by atoms with Crippen LogP contribution in [0.1, 0.15) is 34.3 Å². The molecular weight excluding hydrogens is 465 g/mol. The molecule has 0 fully saturated rings. The predicted octanol–water partition coefficient (Wildman–Crippen LogP) is 5.55. The van der Waals surface area contributed by atoms with Gasteiger partial charge in [-0.15, -0.1) is 0 Å². The van der Waals surface area contributed by atoms with Crippen molar-refractivity contribution in [1.29, 1.82) is 0 Å². The van der Waals surface area contributed by atoms with Gasteiger partial charge in [0.1, 0.15) is 0 Å². The number of aromatic amines is 1. The van der Waals surface area contributed by atoms with Crippen molar-refractivity contribution in [3.8, 4) is 0 Å². The van der Waals surface area contributed by atoms with Crippen molar-refractivity contribution in [2.75, 3.05) is 30.4 Å². The van der Waals surface area contributed by atoms with Crippen LogP contribution in [-0.4, -0.2) is 40.6 Å². The highest BCUT2D eigenvalue weighted by atomic mass is 35.5. The van der Waals surface area contributed by atoms with Gasteiger partial charge in [-0.05, 0) is 42.7 Å². The second-order valence-electron chi connectivity index (χ2n) is 8.61. The van der Waals surface area contributed by atoms with E-state index in [0.717, 1.165) is 33.3 Å². The second-order valence-corrected chi connectivity index (χ2v) is 9.05. The van der Waals surface area contributed by atoms with Crippen molar-refractivity contribution in [2.45, 2.75) is 25.6 Å². The van der Waals surface area contributed by atoms with Crippen LogP contribution in [0.4, 0.5) is 25.1 Å². The van der Waals surface area contributed by atoms with Gasteiger partial charge in [0.2, 0.25) is 17.7 Å². The highest BCUT2D eigenvalue weighted by Crippen LogP contribution is 2.41. The van der Waals surface area contributed by atoms with Crippen LogP contribution in [0, 0.1) is 6.92 Å². The molecule has 0 radical (unpaired) electrons. The molecule has 5 rings (SSSR count). The number of nitrogens with zero attached hydrogens (tertiary/aromatic N) is 5. The molecule has 0 amide bonds. The highest BCUT2D eigenvalue weighted by molar-refractivity contribution is 6.31. The van der Waals surface area contributed by atoms with Gasteiger partial charge in [0.15, 0.2) is 0 Å². The lowest BCUT2D eigenvalue weighted by atomic mass is 9.92. The van der Waals surface area contributed by atoms with Crippen molar-refractivity contribution in [3.63, 3.8) is 0 Å². The van der Waals surface area contributed by atoms with E-state index in [2.05, 4.69) is 19.9 Å². The Morgan fingerprint density at radius 3 is 2.47 bits per heavy atom. The Morgan fingerprint density at radius 2 is 1.79 bits per heavy atom. The van der Waals surface area contributed by atoms with Gasteiger partial charge < -0.3 is 14.8 Å². The van der Waals surface area contributed by atoms with Crippen LogP contribution in [0.25, 0.3) is 10.9 Å². The molecule has 0 saturated heterocycles. The Kier molecular flexibility index (Phi) is 5.39. The van der Waals surface area contributed by atoms with Gasteiger partial charge in [0, 0.05) is 42.3 Å². The lowest BCUT2D eigenvalue weighted by molar-refractivity contribution is -0.144. The van der Waals surface area contributed by atoms with Crippen molar-refractivity contribution >= 4 is 34.4 Å². The molecule has 34 heavy (non-hydrogen) atoms. The zero-order valence-corrected chi connectivity index (χ0v) is 19.5. The fraction of sp³-hybridized carbons (Fsp3) is 0.292. The maximum atomic E-state index is 13.7. The molecule has 0 spiro atoms. The summed E-state index contributed by atoms with van der Waals surface area (Å²) in [6.45, 7) is 2.42. The molecule has 0 unspecified atom stereocenters. The molecule has 1 atom stereocenters. The summed E-state index contributed by atoms with van der Waals surface area (Å²) in [7, 11) is 3.21. The zero-order chi connectivity index (χ0) is 24.2. The molecular formula is C24H22ClF3N6. The van der Waals surface area contributed by atoms with Gasteiger partial charge in [-0.3, -0.25) is 0 Å². The second kappa shape index (κ2) is 8.16. The molecule has 176 valence electrons. The topological polar surface area (TPSA) is 60.9 Å². The van der Waals surface area contributed by atoms with Crippen molar-refractivity contribution in [1.82, 2.24) is 19.9 Å². The van der Waals surface area contributed by atoms with Gasteiger partial charge in [0.05, 0.1) is 6.04 Å². The third-order valence-electron chi connectivity index (χ3n) is 6.00. The van der Waals surface area contributed by atoms with E-state index >= 15 is 0 Å². The van der Waals surface area contributed by atoms with Crippen molar-refractivity contribution < 1.29 is 13.2 Å². The van der Waals surface area contributed by atoms with Gasteiger partial charge in [-0.1, -0.05) is 41.4 Å². The lowest BCUT2D eigenvalue weighted by Gasteiger charge is -2.36. The number of alkyl halides is 3. The van der Waals surface area contributed by atoms with E-state index < -0.39 is 18.0 Å². The predicted molar refractivity (Wildman–Crippen MR) is 127 cm³/mol. The lowest BCUT2D eigenvalue weighted by Crippen LogP contribution is -2.38. The number of rotatable bonds is 3. The minimum absolute atomic E-state index is 0.0149. The van der Waals surface area contributed by atoms with Crippen molar-refractivity contribution in [3.05, 3.63) is 75.7 Å². The standard InChI is InChI=1S/C24H22ClF3N6/c1-13-4-6-14(7-5-13)20-19-16(17-12-15(25)8-9-18(17)29-19)10-11-34(20)23-31-21(24(26,27)28)30-22(32-23)33(2)3/h4-9,12,20,29H,10-11H2,1-3H3/t20-/m0/s1. The number of anilines is 2. The fourth-order valence-corrected chi connectivity index (χ4v) is 4.55. The van der Waals surface area contributed by atoms with Gasteiger partial charge >= 0.3 is 6.18 Å². The SMILES string of the molecule is Cc1ccc([C@H]2c3[nH]c4ccc(Cl)cc4c3CCN2c2nc(N(C)C)nc(C(F)(F)F)n2)cc1. The van der Waals surface area contributed by atoms with Crippen LogP contribution in [-0.2, 0) is 12.6 Å². The Bertz CT molecular complexity index is 1360. The number of H-pyrrole nitrogens is 1. The normalized spacial score (nSPS) is 16.1. The number of hydrogen-bond acceptors (Lipinski definition) is 5. The molecule has 4 aromatic rings. The first-order chi connectivity index (χ1) is 16.1.